The summed E-state index contributed by atoms with van der Waals surface area (Å²) < 4.78 is 5.24. The average molecular weight is 239 g/mol. The van der Waals surface area contributed by atoms with E-state index in [9.17, 15) is 4.79 Å². The van der Waals surface area contributed by atoms with Gasteiger partial charge < -0.3 is 4.74 Å². The molecule has 3 heteroatoms. The van der Waals surface area contributed by atoms with Crippen molar-refractivity contribution in [2.45, 2.75) is 13.8 Å². The molecule has 0 unspecified atom stereocenters. The molecular weight excluding hydrogens is 224 g/mol. The van der Waals surface area contributed by atoms with Crippen LogP contribution in [0.15, 0.2) is 29.8 Å². The van der Waals surface area contributed by atoms with Crippen molar-refractivity contribution in [3.63, 3.8) is 0 Å². The lowest BCUT2D eigenvalue weighted by Gasteiger charge is -2.04. The first-order chi connectivity index (χ1) is 7.63. The van der Waals surface area contributed by atoms with Crippen molar-refractivity contribution in [1.82, 2.24) is 0 Å². The molecule has 0 spiro atoms. The van der Waals surface area contributed by atoms with E-state index in [0.29, 0.717) is 23.8 Å². The van der Waals surface area contributed by atoms with Crippen molar-refractivity contribution in [3.8, 4) is 0 Å². The standard InChI is InChI=1S/C13H15ClO2/c1-3-16-9-12(10(2)15)8-11-4-6-13(14)7-5-11/h4-8H,3,9H2,1-2H3/b12-8+. The summed E-state index contributed by atoms with van der Waals surface area (Å²) in [5.74, 6) is 0.0309. The smallest absolute Gasteiger partial charge is 0.158 e. The van der Waals surface area contributed by atoms with Gasteiger partial charge in [0.15, 0.2) is 5.78 Å². The molecular formula is C13H15ClO2. The van der Waals surface area contributed by atoms with E-state index in [2.05, 4.69) is 0 Å². The lowest BCUT2D eigenvalue weighted by molar-refractivity contribution is -0.114. The Balaban J connectivity index is 2.84. The predicted octanol–water partition coefficient (Wildman–Crippen LogP) is 3.35. The number of carbonyl (C=O) groups is 1. The number of carbonyl (C=O) groups excluding carboxylic acids is 1. The molecule has 0 atom stereocenters. The van der Waals surface area contributed by atoms with Crippen LogP contribution in [0.25, 0.3) is 6.08 Å². The van der Waals surface area contributed by atoms with Gasteiger partial charge in [-0.3, -0.25) is 4.79 Å². The molecule has 0 aliphatic rings. The Bertz CT molecular complexity index is 379. The Morgan fingerprint density at radius 3 is 2.50 bits per heavy atom. The lowest BCUT2D eigenvalue weighted by Crippen LogP contribution is -2.05. The van der Waals surface area contributed by atoms with Crippen LogP contribution in [0.4, 0.5) is 0 Å². The third kappa shape index (κ3) is 4.17. The van der Waals surface area contributed by atoms with Crippen molar-refractivity contribution < 1.29 is 9.53 Å². The molecule has 0 amide bonds. The maximum Gasteiger partial charge on any atom is 0.158 e. The highest BCUT2D eigenvalue weighted by molar-refractivity contribution is 6.30. The summed E-state index contributed by atoms with van der Waals surface area (Å²) in [4.78, 5) is 11.3. The van der Waals surface area contributed by atoms with Crippen LogP contribution in [0.3, 0.4) is 0 Å². The number of hydrogen-bond donors (Lipinski definition) is 0. The van der Waals surface area contributed by atoms with Gasteiger partial charge in [0, 0.05) is 17.2 Å². The van der Waals surface area contributed by atoms with Crippen LogP contribution in [-0.2, 0) is 9.53 Å². The highest BCUT2D eigenvalue weighted by atomic mass is 35.5. The molecule has 0 bridgehead atoms. The monoisotopic (exact) mass is 238 g/mol. The summed E-state index contributed by atoms with van der Waals surface area (Å²) in [7, 11) is 0. The Labute approximate surface area is 101 Å². The fourth-order valence-corrected chi connectivity index (χ4v) is 1.34. The SMILES string of the molecule is CCOC/C(=C\c1ccc(Cl)cc1)C(C)=O. The normalized spacial score (nSPS) is 11.6. The Kier molecular flexibility index (Phi) is 5.23. The fraction of sp³-hybridized carbons (Fsp3) is 0.308. The first-order valence-electron chi connectivity index (χ1n) is 5.18. The van der Waals surface area contributed by atoms with Gasteiger partial charge in [-0.25, -0.2) is 0 Å². The van der Waals surface area contributed by atoms with E-state index >= 15 is 0 Å². The number of halogens is 1. The summed E-state index contributed by atoms with van der Waals surface area (Å²) in [5, 5.41) is 0.686. The third-order valence-electron chi connectivity index (χ3n) is 2.12. The zero-order valence-corrected chi connectivity index (χ0v) is 10.3. The van der Waals surface area contributed by atoms with E-state index in [1.165, 1.54) is 0 Å². The van der Waals surface area contributed by atoms with Gasteiger partial charge >= 0.3 is 0 Å². The van der Waals surface area contributed by atoms with E-state index < -0.39 is 0 Å². The fourth-order valence-electron chi connectivity index (χ4n) is 1.22. The summed E-state index contributed by atoms with van der Waals surface area (Å²) in [6, 6.07) is 7.34. The second-order valence-electron chi connectivity index (χ2n) is 3.41. The third-order valence-corrected chi connectivity index (χ3v) is 2.38. The van der Waals surface area contributed by atoms with Crippen molar-refractivity contribution in [3.05, 3.63) is 40.4 Å². The molecule has 0 saturated heterocycles. The highest BCUT2D eigenvalue weighted by Gasteiger charge is 2.03. The largest absolute Gasteiger partial charge is 0.377 e. The maximum atomic E-state index is 11.3. The van der Waals surface area contributed by atoms with Crippen molar-refractivity contribution >= 4 is 23.5 Å². The molecule has 0 aromatic heterocycles. The van der Waals surface area contributed by atoms with E-state index in [1.807, 2.05) is 25.1 Å². The molecule has 1 rings (SSSR count). The minimum Gasteiger partial charge on any atom is -0.377 e. The van der Waals surface area contributed by atoms with E-state index in [4.69, 9.17) is 16.3 Å². The van der Waals surface area contributed by atoms with Gasteiger partial charge in [-0.05, 0) is 37.6 Å². The molecule has 16 heavy (non-hydrogen) atoms. The maximum absolute atomic E-state index is 11.3. The zero-order chi connectivity index (χ0) is 12.0. The van der Waals surface area contributed by atoms with Crippen LogP contribution in [0, 0.1) is 0 Å². The molecule has 1 aromatic carbocycles. The second-order valence-corrected chi connectivity index (χ2v) is 3.85. The Hall–Kier alpha value is -1.12. The van der Waals surface area contributed by atoms with Crippen molar-refractivity contribution in [2.24, 2.45) is 0 Å². The van der Waals surface area contributed by atoms with Crippen molar-refractivity contribution in [1.29, 1.82) is 0 Å². The quantitative estimate of drug-likeness (QED) is 0.736. The summed E-state index contributed by atoms with van der Waals surface area (Å²) >= 11 is 5.78. The summed E-state index contributed by atoms with van der Waals surface area (Å²) in [6.07, 6.45) is 1.83. The number of ketones is 1. The Morgan fingerprint density at radius 1 is 1.38 bits per heavy atom. The molecule has 0 saturated carbocycles. The van der Waals surface area contributed by atoms with Crippen LogP contribution in [0.5, 0.6) is 0 Å². The summed E-state index contributed by atoms with van der Waals surface area (Å²) in [5.41, 5.74) is 1.62. The van der Waals surface area contributed by atoms with Crippen LogP contribution < -0.4 is 0 Å². The number of hydrogen-bond acceptors (Lipinski definition) is 2. The number of benzene rings is 1. The van der Waals surface area contributed by atoms with Crippen LogP contribution >= 0.6 is 11.6 Å². The highest BCUT2D eigenvalue weighted by Crippen LogP contribution is 2.13. The molecule has 0 aliphatic carbocycles. The molecule has 2 nitrogen and oxygen atoms in total. The molecule has 0 aliphatic heterocycles. The van der Waals surface area contributed by atoms with Crippen LogP contribution in [0.2, 0.25) is 5.02 Å². The molecule has 0 N–H and O–H groups in total. The van der Waals surface area contributed by atoms with E-state index in [0.717, 1.165) is 5.56 Å². The molecule has 0 radical (unpaired) electrons. The first kappa shape index (κ1) is 12.9. The molecule has 0 fully saturated rings. The van der Waals surface area contributed by atoms with Crippen molar-refractivity contribution in [2.75, 3.05) is 13.2 Å². The topological polar surface area (TPSA) is 26.3 Å². The van der Waals surface area contributed by atoms with E-state index in [1.54, 1.807) is 19.1 Å². The van der Waals surface area contributed by atoms with Gasteiger partial charge in [0.1, 0.15) is 0 Å². The number of ether oxygens (including phenoxy) is 1. The van der Waals surface area contributed by atoms with Gasteiger partial charge in [-0.1, -0.05) is 23.7 Å². The van der Waals surface area contributed by atoms with Gasteiger partial charge in [0.05, 0.1) is 6.61 Å². The Morgan fingerprint density at radius 2 is 2.00 bits per heavy atom. The number of Topliss-reactive ketones (excluding diaryl/α,β-unsaturated/α-hetero) is 1. The minimum atomic E-state index is 0.0309. The lowest BCUT2D eigenvalue weighted by atomic mass is 10.1. The van der Waals surface area contributed by atoms with Gasteiger partial charge in [-0.15, -0.1) is 0 Å². The predicted molar refractivity (Wildman–Crippen MR) is 66.6 cm³/mol. The number of rotatable bonds is 5. The van der Waals surface area contributed by atoms with Gasteiger partial charge in [-0.2, -0.15) is 0 Å². The van der Waals surface area contributed by atoms with E-state index in [-0.39, 0.29) is 5.78 Å². The molecule has 1 aromatic rings. The molecule has 86 valence electrons. The van der Waals surface area contributed by atoms with Crippen LogP contribution in [-0.4, -0.2) is 19.0 Å². The molecule has 0 heterocycles. The van der Waals surface area contributed by atoms with Gasteiger partial charge in [0.25, 0.3) is 0 Å². The van der Waals surface area contributed by atoms with Crippen LogP contribution in [0.1, 0.15) is 19.4 Å². The second kappa shape index (κ2) is 6.46. The minimum absolute atomic E-state index is 0.0309. The zero-order valence-electron chi connectivity index (χ0n) is 9.50. The summed E-state index contributed by atoms with van der Waals surface area (Å²) in [6.45, 7) is 4.40. The first-order valence-corrected chi connectivity index (χ1v) is 5.56. The van der Waals surface area contributed by atoms with Gasteiger partial charge in [0.2, 0.25) is 0 Å². The average Bonchev–Trinajstić information content (AvgIpc) is 2.26.